The zero-order valence-corrected chi connectivity index (χ0v) is 19.8. The highest BCUT2D eigenvalue weighted by Crippen LogP contribution is 2.07. The molecule has 0 fully saturated rings. The Hall–Kier alpha value is -4.20. The average molecular weight is 508 g/mol. The summed E-state index contributed by atoms with van der Waals surface area (Å²) in [4.78, 5) is 64.3. The summed E-state index contributed by atoms with van der Waals surface area (Å²) >= 11 is 0. The van der Waals surface area contributed by atoms with Gasteiger partial charge in [-0.05, 0) is 25.3 Å². The third-order valence-electron chi connectivity index (χ3n) is 4.90. The molecule has 0 aliphatic carbocycles. The SMILES string of the molecule is CC(N)C(=O)NC(Cc1ccccc1)C(=O)NC(CCCN=C(N)N)C(=O)NC(CC(=O)O)C(=O)O. The van der Waals surface area contributed by atoms with Crippen molar-refractivity contribution in [2.45, 2.75) is 56.8 Å². The number of carboxylic acid groups (broad SMARTS) is 2. The Kier molecular flexibility index (Phi) is 12.4. The van der Waals surface area contributed by atoms with Crippen LogP contribution in [0.1, 0.15) is 31.7 Å². The number of benzene rings is 1. The second-order valence-electron chi connectivity index (χ2n) is 8.05. The Bertz CT molecular complexity index is 949. The molecule has 1 rings (SSSR count). The highest BCUT2D eigenvalue weighted by atomic mass is 16.4. The maximum Gasteiger partial charge on any atom is 0.326 e. The molecule has 1 aromatic rings. The third kappa shape index (κ3) is 11.3. The van der Waals surface area contributed by atoms with Crippen molar-refractivity contribution >= 4 is 35.6 Å². The van der Waals surface area contributed by atoms with E-state index in [1.165, 1.54) is 6.92 Å². The summed E-state index contributed by atoms with van der Waals surface area (Å²) in [5.41, 5.74) is 16.9. The first kappa shape index (κ1) is 29.8. The van der Waals surface area contributed by atoms with Crippen molar-refractivity contribution in [3.05, 3.63) is 35.9 Å². The van der Waals surface area contributed by atoms with Crippen LogP contribution < -0.4 is 33.2 Å². The number of carboxylic acids is 2. The summed E-state index contributed by atoms with van der Waals surface area (Å²) in [5, 5.41) is 25.3. The van der Waals surface area contributed by atoms with Crippen LogP contribution in [0.5, 0.6) is 0 Å². The number of rotatable bonds is 15. The van der Waals surface area contributed by atoms with Gasteiger partial charge in [0.25, 0.3) is 0 Å². The second-order valence-corrected chi connectivity index (χ2v) is 8.05. The van der Waals surface area contributed by atoms with Crippen LogP contribution >= 0.6 is 0 Å². The van der Waals surface area contributed by atoms with Gasteiger partial charge in [-0.25, -0.2) is 4.79 Å². The Labute approximate surface area is 207 Å². The van der Waals surface area contributed by atoms with E-state index in [4.69, 9.17) is 22.3 Å². The van der Waals surface area contributed by atoms with E-state index in [2.05, 4.69) is 20.9 Å². The molecule has 3 amide bonds. The molecule has 0 heterocycles. The van der Waals surface area contributed by atoms with Crippen LogP contribution in [0.4, 0.5) is 0 Å². The molecule has 14 nitrogen and oxygen atoms in total. The van der Waals surface area contributed by atoms with E-state index in [0.717, 1.165) is 5.56 Å². The summed E-state index contributed by atoms with van der Waals surface area (Å²) < 4.78 is 0. The molecule has 0 radical (unpaired) electrons. The van der Waals surface area contributed by atoms with E-state index in [1.54, 1.807) is 30.3 Å². The molecule has 0 aromatic heterocycles. The lowest BCUT2D eigenvalue weighted by molar-refractivity contribution is -0.147. The van der Waals surface area contributed by atoms with Crippen molar-refractivity contribution in [3.63, 3.8) is 0 Å². The number of carbonyl (C=O) groups is 5. The van der Waals surface area contributed by atoms with E-state index in [-0.39, 0.29) is 31.8 Å². The first-order valence-electron chi connectivity index (χ1n) is 11.1. The monoisotopic (exact) mass is 507 g/mol. The molecule has 0 saturated heterocycles. The minimum Gasteiger partial charge on any atom is -0.481 e. The quantitative estimate of drug-likeness (QED) is 0.0712. The standard InChI is InChI=1S/C22H33N7O7/c1-12(23)18(32)28-15(10-13-6-3-2-4-7-13)20(34)27-14(8-5-9-26-22(24)25)19(33)29-16(21(35)36)11-17(30)31/h2-4,6-7,12,14-16H,5,8-11,23H2,1H3,(H,27,34)(H,28,32)(H,29,33)(H,30,31)(H,35,36)(H4,24,25,26). The number of aliphatic imine (C=N–C) groups is 1. The fraction of sp³-hybridized carbons (Fsp3) is 0.455. The molecule has 36 heavy (non-hydrogen) atoms. The van der Waals surface area contributed by atoms with Crippen LogP contribution in [-0.4, -0.2) is 76.5 Å². The lowest BCUT2D eigenvalue weighted by Crippen LogP contribution is -2.57. The van der Waals surface area contributed by atoms with E-state index in [9.17, 15) is 29.1 Å². The first-order valence-corrected chi connectivity index (χ1v) is 11.1. The average Bonchev–Trinajstić information content (AvgIpc) is 2.79. The fourth-order valence-corrected chi connectivity index (χ4v) is 3.05. The number of carbonyl (C=O) groups excluding carboxylic acids is 3. The minimum absolute atomic E-state index is 0.00689. The zero-order valence-electron chi connectivity index (χ0n) is 19.8. The number of amides is 3. The maximum absolute atomic E-state index is 13.1. The van der Waals surface area contributed by atoms with Crippen molar-refractivity contribution in [2.75, 3.05) is 6.54 Å². The van der Waals surface area contributed by atoms with Crippen LogP contribution in [0.25, 0.3) is 0 Å². The molecule has 11 N–H and O–H groups in total. The molecule has 1 aromatic carbocycles. The Morgan fingerprint density at radius 2 is 1.44 bits per heavy atom. The van der Waals surface area contributed by atoms with Gasteiger partial charge in [-0.3, -0.25) is 24.2 Å². The van der Waals surface area contributed by atoms with Crippen molar-refractivity contribution < 1.29 is 34.2 Å². The molecule has 0 aliphatic rings. The van der Waals surface area contributed by atoms with Gasteiger partial charge in [-0.15, -0.1) is 0 Å². The van der Waals surface area contributed by atoms with Crippen molar-refractivity contribution in [2.24, 2.45) is 22.2 Å². The van der Waals surface area contributed by atoms with E-state index >= 15 is 0 Å². The lowest BCUT2D eigenvalue weighted by atomic mass is 10.0. The van der Waals surface area contributed by atoms with Crippen molar-refractivity contribution in [3.8, 4) is 0 Å². The summed E-state index contributed by atoms with van der Waals surface area (Å²) in [5.74, 6) is -5.39. The molecule has 0 saturated carbocycles. The third-order valence-corrected chi connectivity index (χ3v) is 4.90. The number of nitrogens with zero attached hydrogens (tertiary/aromatic N) is 1. The number of guanidine groups is 1. The minimum atomic E-state index is -1.72. The van der Waals surface area contributed by atoms with Crippen LogP contribution in [0.15, 0.2) is 35.3 Å². The number of aliphatic carboxylic acids is 2. The molecule has 14 heteroatoms. The van der Waals surface area contributed by atoms with Gasteiger partial charge >= 0.3 is 11.9 Å². The Balaban J connectivity index is 3.10. The summed E-state index contributed by atoms with van der Waals surface area (Å²) in [6, 6.07) is 3.81. The van der Waals surface area contributed by atoms with E-state index in [0.29, 0.717) is 0 Å². The van der Waals surface area contributed by atoms with Gasteiger partial charge in [0, 0.05) is 13.0 Å². The summed E-state index contributed by atoms with van der Waals surface area (Å²) in [7, 11) is 0. The Morgan fingerprint density at radius 1 is 0.889 bits per heavy atom. The molecular weight excluding hydrogens is 474 g/mol. The predicted molar refractivity (Wildman–Crippen MR) is 129 cm³/mol. The van der Waals surface area contributed by atoms with Crippen LogP contribution in [0.2, 0.25) is 0 Å². The number of hydrogen-bond acceptors (Lipinski definition) is 7. The van der Waals surface area contributed by atoms with Gasteiger partial charge in [0.1, 0.15) is 18.1 Å². The topological polar surface area (TPSA) is 252 Å². The molecule has 4 atom stereocenters. The van der Waals surface area contributed by atoms with Gasteiger partial charge in [0.2, 0.25) is 17.7 Å². The predicted octanol–water partition coefficient (Wildman–Crippen LogP) is -2.36. The molecular formula is C22H33N7O7. The van der Waals surface area contributed by atoms with E-state index < -0.39 is 60.2 Å². The van der Waals surface area contributed by atoms with Crippen LogP contribution in [0.3, 0.4) is 0 Å². The number of nitrogens with one attached hydrogen (secondary N) is 3. The van der Waals surface area contributed by atoms with Crippen LogP contribution in [0, 0.1) is 0 Å². The van der Waals surface area contributed by atoms with Gasteiger partial charge in [0.05, 0.1) is 12.5 Å². The first-order chi connectivity index (χ1) is 16.9. The van der Waals surface area contributed by atoms with Gasteiger partial charge in [-0.2, -0.15) is 0 Å². The smallest absolute Gasteiger partial charge is 0.326 e. The maximum atomic E-state index is 13.1. The molecule has 198 valence electrons. The van der Waals surface area contributed by atoms with Gasteiger partial charge < -0.3 is 43.4 Å². The van der Waals surface area contributed by atoms with Crippen LogP contribution in [-0.2, 0) is 30.4 Å². The van der Waals surface area contributed by atoms with Crippen molar-refractivity contribution in [1.29, 1.82) is 0 Å². The highest BCUT2D eigenvalue weighted by molar-refractivity contribution is 5.94. The fourth-order valence-electron chi connectivity index (χ4n) is 3.05. The molecule has 0 bridgehead atoms. The van der Waals surface area contributed by atoms with E-state index in [1.807, 2.05) is 0 Å². The number of hydrogen-bond donors (Lipinski definition) is 8. The second kappa shape index (κ2) is 14.9. The molecule has 0 aliphatic heterocycles. The Morgan fingerprint density at radius 3 is 1.97 bits per heavy atom. The summed E-state index contributed by atoms with van der Waals surface area (Å²) in [6.45, 7) is 1.57. The number of nitrogens with two attached hydrogens (primary N) is 3. The van der Waals surface area contributed by atoms with Gasteiger partial charge in [-0.1, -0.05) is 30.3 Å². The van der Waals surface area contributed by atoms with Crippen molar-refractivity contribution in [1.82, 2.24) is 16.0 Å². The molecule has 4 unspecified atom stereocenters. The highest BCUT2D eigenvalue weighted by Gasteiger charge is 2.30. The molecule has 0 spiro atoms. The van der Waals surface area contributed by atoms with Gasteiger partial charge in [0.15, 0.2) is 5.96 Å². The normalized spacial score (nSPS) is 13.8. The zero-order chi connectivity index (χ0) is 27.3. The lowest BCUT2D eigenvalue weighted by Gasteiger charge is -2.25. The summed E-state index contributed by atoms with van der Waals surface area (Å²) in [6.07, 6.45) is -0.559. The largest absolute Gasteiger partial charge is 0.481 e.